The molecule has 3 aromatic rings. The van der Waals surface area contributed by atoms with Gasteiger partial charge in [0.05, 0.1) is 29.0 Å². The summed E-state index contributed by atoms with van der Waals surface area (Å²) in [5, 5.41) is 4.88. The monoisotopic (exact) mass is 474 g/mol. The molecule has 0 saturated carbocycles. The quantitative estimate of drug-likeness (QED) is 0.548. The third-order valence-corrected chi connectivity index (χ3v) is 7.38. The van der Waals surface area contributed by atoms with Crippen LogP contribution in [0, 0.1) is 0 Å². The lowest BCUT2D eigenvalue weighted by Gasteiger charge is -2.33. The molecule has 168 valence electrons. The Morgan fingerprint density at radius 3 is 2.31 bits per heavy atom. The van der Waals surface area contributed by atoms with Crippen LogP contribution in [-0.2, 0) is 10.0 Å². The van der Waals surface area contributed by atoms with Crippen molar-refractivity contribution >= 4 is 27.5 Å². The minimum Gasteiger partial charge on any atom is -0.494 e. The third kappa shape index (κ3) is 4.64. The van der Waals surface area contributed by atoms with Gasteiger partial charge in [-0.15, -0.1) is 0 Å². The van der Waals surface area contributed by atoms with Crippen LogP contribution in [0.3, 0.4) is 0 Å². The number of amides is 1. The van der Waals surface area contributed by atoms with Crippen LogP contribution in [0.5, 0.6) is 5.75 Å². The maximum absolute atomic E-state index is 12.9. The Kier molecular flexibility index (Phi) is 6.50. The van der Waals surface area contributed by atoms with E-state index in [0.29, 0.717) is 36.0 Å². The van der Waals surface area contributed by atoms with Gasteiger partial charge in [-0.1, -0.05) is 11.6 Å². The van der Waals surface area contributed by atoms with Crippen molar-refractivity contribution in [1.82, 2.24) is 19.0 Å². The molecule has 0 spiro atoms. The van der Waals surface area contributed by atoms with Crippen LogP contribution in [-0.4, -0.2) is 66.1 Å². The zero-order chi connectivity index (χ0) is 22.7. The summed E-state index contributed by atoms with van der Waals surface area (Å²) in [6, 6.07) is 13.5. The van der Waals surface area contributed by atoms with Crippen LogP contribution in [0.2, 0.25) is 5.02 Å². The molecule has 1 aromatic heterocycles. The molecule has 0 radical (unpaired) electrons. The fourth-order valence-electron chi connectivity index (χ4n) is 3.51. The second-order valence-electron chi connectivity index (χ2n) is 7.25. The molecule has 8 nitrogen and oxygen atoms in total. The lowest BCUT2D eigenvalue weighted by atomic mass is 10.2. The average molecular weight is 475 g/mol. The van der Waals surface area contributed by atoms with Crippen molar-refractivity contribution < 1.29 is 17.9 Å². The number of hydrogen-bond acceptors (Lipinski definition) is 5. The van der Waals surface area contributed by atoms with Crippen LogP contribution in [0.15, 0.2) is 65.8 Å². The van der Waals surface area contributed by atoms with Gasteiger partial charge in [0.25, 0.3) is 5.91 Å². The second-order valence-corrected chi connectivity index (χ2v) is 9.63. The van der Waals surface area contributed by atoms with Crippen molar-refractivity contribution in [1.29, 1.82) is 0 Å². The summed E-state index contributed by atoms with van der Waals surface area (Å²) in [6.07, 6.45) is 3.18. The van der Waals surface area contributed by atoms with Crippen LogP contribution in [0.1, 0.15) is 17.3 Å². The maximum Gasteiger partial charge on any atom is 0.257 e. The lowest BCUT2D eigenvalue weighted by molar-refractivity contribution is 0.0698. The maximum atomic E-state index is 12.9. The molecule has 1 aliphatic heterocycles. The predicted octanol–water partition coefficient (Wildman–Crippen LogP) is 3.07. The highest BCUT2D eigenvalue weighted by Crippen LogP contribution is 2.22. The van der Waals surface area contributed by atoms with Crippen LogP contribution < -0.4 is 4.74 Å². The number of aromatic nitrogens is 2. The molecule has 1 fully saturated rings. The van der Waals surface area contributed by atoms with Gasteiger partial charge >= 0.3 is 0 Å². The van der Waals surface area contributed by atoms with E-state index in [9.17, 15) is 13.2 Å². The normalized spacial score (nSPS) is 15.0. The summed E-state index contributed by atoms with van der Waals surface area (Å²) < 4.78 is 34.3. The Labute approximate surface area is 192 Å². The highest BCUT2D eigenvalue weighted by molar-refractivity contribution is 7.89. The summed E-state index contributed by atoms with van der Waals surface area (Å²) in [5.41, 5.74) is 1.24. The summed E-state index contributed by atoms with van der Waals surface area (Å²) in [7, 11) is -3.63. The zero-order valence-corrected chi connectivity index (χ0v) is 19.1. The number of ether oxygens (including phenoxy) is 1. The molecule has 1 amide bonds. The van der Waals surface area contributed by atoms with Crippen molar-refractivity contribution in [3.8, 4) is 11.4 Å². The summed E-state index contributed by atoms with van der Waals surface area (Å²) in [6.45, 7) is 3.45. The van der Waals surface area contributed by atoms with Gasteiger partial charge in [-0.3, -0.25) is 4.79 Å². The molecular formula is C22H23ClN4O4S. The number of sulfonamides is 1. The molecule has 0 bridgehead atoms. The molecule has 0 unspecified atom stereocenters. The fourth-order valence-corrected chi connectivity index (χ4v) is 5.05. The van der Waals surface area contributed by atoms with Crippen LogP contribution in [0.4, 0.5) is 0 Å². The molecule has 0 N–H and O–H groups in total. The predicted molar refractivity (Wildman–Crippen MR) is 121 cm³/mol. The van der Waals surface area contributed by atoms with E-state index >= 15 is 0 Å². The van der Waals surface area contributed by atoms with Gasteiger partial charge in [-0.05, 0) is 55.5 Å². The van der Waals surface area contributed by atoms with Gasteiger partial charge in [0, 0.05) is 37.4 Å². The molecular weight excluding hydrogens is 452 g/mol. The number of hydrogen-bond donors (Lipinski definition) is 0. The first-order chi connectivity index (χ1) is 15.4. The van der Waals surface area contributed by atoms with E-state index in [2.05, 4.69) is 5.10 Å². The molecule has 4 rings (SSSR count). The van der Waals surface area contributed by atoms with Gasteiger partial charge in [-0.25, -0.2) is 13.1 Å². The molecule has 0 aliphatic carbocycles. The highest BCUT2D eigenvalue weighted by atomic mass is 35.5. The van der Waals surface area contributed by atoms with Crippen molar-refractivity contribution in [3.05, 3.63) is 71.5 Å². The molecule has 1 aliphatic rings. The number of carbonyl (C=O) groups excluding carboxylic acids is 1. The van der Waals surface area contributed by atoms with Gasteiger partial charge < -0.3 is 9.64 Å². The topological polar surface area (TPSA) is 84.7 Å². The third-order valence-electron chi connectivity index (χ3n) is 5.22. The Balaban J connectivity index is 1.40. The van der Waals surface area contributed by atoms with Gasteiger partial charge in [0.2, 0.25) is 10.0 Å². The van der Waals surface area contributed by atoms with E-state index in [1.54, 1.807) is 52.2 Å². The molecule has 10 heteroatoms. The van der Waals surface area contributed by atoms with Gasteiger partial charge in [0.1, 0.15) is 5.75 Å². The minimum atomic E-state index is -3.63. The summed E-state index contributed by atoms with van der Waals surface area (Å²) in [4.78, 5) is 14.8. The SMILES string of the molecule is CCOc1ccc(S(=O)(=O)N2CCN(C(=O)c3cnn(-c4ccc(Cl)cc4)c3)CC2)cc1. The highest BCUT2D eigenvalue weighted by Gasteiger charge is 2.30. The number of nitrogens with zero attached hydrogens (tertiary/aromatic N) is 4. The molecule has 32 heavy (non-hydrogen) atoms. The summed E-state index contributed by atoms with van der Waals surface area (Å²) in [5.74, 6) is 0.448. The van der Waals surface area contributed by atoms with Gasteiger partial charge in [-0.2, -0.15) is 9.40 Å². The van der Waals surface area contributed by atoms with E-state index < -0.39 is 10.0 Å². The first-order valence-electron chi connectivity index (χ1n) is 10.2. The number of benzene rings is 2. The first kappa shape index (κ1) is 22.3. The molecule has 0 atom stereocenters. The number of piperazine rings is 1. The molecule has 1 saturated heterocycles. The largest absolute Gasteiger partial charge is 0.494 e. The Morgan fingerprint density at radius 1 is 1.03 bits per heavy atom. The number of carbonyl (C=O) groups is 1. The van der Waals surface area contributed by atoms with Crippen molar-refractivity contribution in [3.63, 3.8) is 0 Å². The number of rotatable bonds is 6. The summed E-state index contributed by atoms with van der Waals surface area (Å²) >= 11 is 5.92. The number of halogens is 1. The molecule has 2 heterocycles. The van der Waals surface area contributed by atoms with E-state index in [1.807, 2.05) is 19.1 Å². The Bertz CT molecular complexity index is 1190. The van der Waals surface area contributed by atoms with Crippen molar-refractivity contribution in [2.45, 2.75) is 11.8 Å². The average Bonchev–Trinajstić information content (AvgIpc) is 3.30. The lowest BCUT2D eigenvalue weighted by Crippen LogP contribution is -2.50. The smallest absolute Gasteiger partial charge is 0.257 e. The van der Waals surface area contributed by atoms with Gasteiger partial charge in [0.15, 0.2) is 0 Å². The van der Waals surface area contributed by atoms with Crippen LogP contribution in [0.25, 0.3) is 5.69 Å². The Hall–Kier alpha value is -2.88. The standard InChI is InChI=1S/C22H23ClN4O4S/c1-2-31-20-7-9-21(10-8-20)32(29,30)26-13-11-25(12-14-26)22(28)17-15-24-27(16-17)19-5-3-18(23)4-6-19/h3-10,15-16H,2,11-14H2,1H3. The minimum absolute atomic E-state index is 0.177. The van der Waals surface area contributed by atoms with E-state index in [-0.39, 0.29) is 23.9 Å². The van der Waals surface area contributed by atoms with E-state index in [1.165, 1.54) is 10.5 Å². The van der Waals surface area contributed by atoms with E-state index in [0.717, 1.165) is 5.69 Å². The molecule has 2 aromatic carbocycles. The van der Waals surface area contributed by atoms with Crippen molar-refractivity contribution in [2.24, 2.45) is 0 Å². The Morgan fingerprint density at radius 2 is 1.69 bits per heavy atom. The second kappa shape index (κ2) is 9.32. The zero-order valence-electron chi connectivity index (χ0n) is 17.5. The van der Waals surface area contributed by atoms with Crippen LogP contribution >= 0.6 is 11.6 Å². The fraction of sp³-hybridized carbons (Fsp3) is 0.273. The first-order valence-corrected chi connectivity index (χ1v) is 12.0. The van der Waals surface area contributed by atoms with Crippen molar-refractivity contribution in [2.75, 3.05) is 32.8 Å². The van der Waals surface area contributed by atoms with E-state index in [4.69, 9.17) is 16.3 Å².